The lowest BCUT2D eigenvalue weighted by molar-refractivity contribution is -0.123. The lowest BCUT2D eigenvalue weighted by Gasteiger charge is -2.10. The number of nitrogens with zero attached hydrogens (tertiary/aromatic N) is 1. The Morgan fingerprint density at radius 3 is 2.62 bits per heavy atom. The third-order valence-electron chi connectivity index (χ3n) is 4.02. The summed E-state index contributed by atoms with van der Waals surface area (Å²) >= 11 is 9.19. The van der Waals surface area contributed by atoms with Crippen LogP contribution in [0.5, 0.6) is 17.2 Å². The highest BCUT2D eigenvalue weighted by atomic mass is 79.9. The van der Waals surface area contributed by atoms with Gasteiger partial charge in [-0.25, -0.2) is 10.2 Å². The number of ether oxygens (including phenoxy) is 3. The van der Waals surface area contributed by atoms with Gasteiger partial charge in [-0.05, 0) is 60.2 Å². The second kappa shape index (κ2) is 11.3. The molecule has 3 aromatic rings. The molecule has 0 spiro atoms. The van der Waals surface area contributed by atoms with Crippen molar-refractivity contribution in [1.82, 2.24) is 5.43 Å². The number of hydrogen-bond acceptors (Lipinski definition) is 6. The predicted octanol–water partition coefficient (Wildman–Crippen LogP) is 4.86. The maximum Gasteiger partial charge on any atom is 0.343 e. The molecule has 164 valence electrons. The highest BCUT2D eigenvalue weighted by Gasteiger charge is 2.13. The highest BCUT2D eigenvalue weighted by Crippen LogP contribution is 2.28. The van der Waals surface area contributed by atoms with E-state index in [1.54, 1.807) is 60.7 Å². The Morgan fingerprint density at radius 2 is 1.88 bits per heavy atom. The molecule has 0 heterocycles. The standard InChI is InChI=1S/C23H18BrClN2O5/c1-30-21-10-15(8-9-20(21)32-23(29)16-4-2-5-17(24)11-16)13-26-27-22(28)14-31-19-7-3-6-18(25)12-19/h2-13H,14H2,1H3,(H,27,28). The highest BCUT2D eigenvalue weighted by molar-refractivity contribution is 9.10. The largest absolute Gasteiger partial charge is 0.493 e. The molecule has 0 saturated heterocycles. The summed E-state index contributed by atoms with van der Waals surface area (Å²) in [6, 6.07) is 18.5. The van der Waals surface area contributed by atoms with E-state index in [0.717, 1.165) is 4.47 Å². The Bertz CT molecular complexity index is 1150. The molecule has 1 N–H and O–H groups in total. The summed E-state index contributed by atoms with van der Waals surface area (Å²) in [5.41, 5.74) is 3.39. The first-order chi connectivity index (χ1) is 15.4. The summed E-state index contributed by atoms with van der Waals surface area (Å²) < 4.78 is 16.8. The number of carbonyl (C=O) groups is 2. The van der Waals surface area contributed by atoms with Gasteiger partial charge in [-0.15, -0.1) is 0 Å². The van der Waals surface area contributed by atoms with Gasteiger partial charge in [0.1, 0.15) is 5.75 Å². The molecule has 7 nitrogen and oxygen atoms in total. The Labute approximate surface area is 198 Å². The first-order valence-electron chi connectivity index (χ1n) is 9.30. The fraction of sp³-hybridized carbons (Fsp3) is 0.0870. The number of carbonyl (C=O) groups excluding carboxylic acids is 2. The summed E-state index contributed by atoms with van der Waals surface area (Å²) in [6.07, 6.45) is 1.43. The van der Waals surface area contributed by atoms with Crippen LogP contribution in [0.2, 0.25) is 5.02 Å². The monoisotopic (exact) mass is 516 g/mol. The number of nitrogens with one attached hydrogen (secondary N) is 1. The van der Waals surface area contributed by atoms with Crippen LogP contribution < -0.4 is 19.6 Å². The molecule has 0 atom stereocenters. The lowest BCUT2D eigenvalue weighted by atomic mass is 10.2. The van der Waals surface area contributed by atoms with Crippen molar-refractivity contribution in [2.75, 3.05) is 13.7 Å². The Balaban J connectivity index is 1.57. The number of amides is 1. The van der Waals surface area contributed by atoms with Crippen LogP contribution in [0.4, 0.5) is 0 Å². The summed E-state index contributed by atoms with van der Waals surface area (Å²) in [5.74, 6) is 0.126. The summed E-state index contributed by atoms with van der Waals surface area (Å²) in [5, 5.41) is 4.41. The number of rotatable bonds is 8. The first kappa shape index (κ1) is 23.3. The quantitative estimate of drug-likeness (QED) is 0.200. The lowest BCUT2D eigenvalue weighted by Crippen LogP contribution is -2.24. The van der Waals surface area contributed by atoms with Crippen molar-refractivity contribution in [2.45, 2.75) is 0 Å². The fourth-order valence-corrected chi connectivity index (χ4v) is 3.12. The summed E-state index contributed by atoms with van der Waals surface area (Å²) in [6.45, 7) is -0.217. The molecule has 3 aromatic carbocycles. The molecule has 0 unspecified atom stereocenters. The molecule has 0 aliphatic heterocycles. The molecule has 0 aliphatic rings. The Hall–Kier alpha value is -3.36. The van der Waals surface area contributed by atoms with Gasteiger partial charge in [0.2, 0.25) is 0 Å². The van der Waals surface area contributed by atoms with Crippen molar-refractivity contribution in [1.29, 1.82) is 0 Å². The zero-order valence-electron chi connectivity index (χ0n) is 16.9. The van der Waals surface area contributed by atoms with Crippen molar-refractivity contribution in [2.24, 2.45) is 5.10 Å². The molecule has 0 bridgehead atoms. The van der Waals surface area contributed by atoms with Crippen molar-refractivity contribution >= 4 is 45.6 Å². The van der Waals surface area contributed by atoms with E-state index >= 15 is 0 Å². The van der Waals surface area contributed by atoms with E-state index in [1.165, 1.54) is 13.3 Å². The van der Waals surface area contributed by atoms with Gasteiger partial charge < -0.3 is 14.2 Å². The predicted molar refractivity (Wildman–Crippen MR) is 125 cm³/mol. The normalized spacial score (nSPS) is 10.6. The third-order valence-corrected chi connectivity index (χ3v) is 4.75. The van der Waals surface area contributed by atoms with Crippen molar-refractivity contribution < 1.29 is 23.8 Å². The van der Waals surface area contributed by atoms with Crippen LogP contribution in [0.1, 0.15) is 15.9 Å². The minimum absolute atomic E-state index is 0.217. The molecule has 0 saturated carbocycles. The van der Waals surface area contributed by atoms with Crippen LogP contribution in [-0.2, 0) is 4.79 Å². The van der Waals surface area contributed by atoms with E-state index in [4.69, 9.17) is 25.8 Å². The Morgan fingerprint density at radius 1 is 1.06 bits per heavy atom. The molecule has 0 aliphatic carbocycles. The van der Waals surface area contributed by atoms with Gasteiger partial charge >= 0.3 is 5.97 Å². The second-order valence-electron chi connectivity index (χ2n) is 6.35. The minimum atomic E-state index is -0.516. The van der Waals surface area contributed by atoms with E-state index in [9.17, 15) is 9.59 Å². The number of methoxy groups -OCH3 is 1. The van der Waals surface area contributed by atoms with Crippen molar-refractivity contribution in [3.05, 3.63) is 87.4 Å². The molecule has 3 rings (SSSR count). The maximum absolute atomic E-state index is 12.4. The minimum Gasteiger partial charge on any atom is -0.493 e. The average molecular weight is 518 g/mol. The third kappa shape index (κ3) is 6.83. The van der Waals surface area contributed by atoms with Crippen LogP contribution in [0.25, 0.3) is 0 Å². The summed E-state index contributed by atoms with van der Waals surface area (Å²) in [7, 11) is 1.46. The molecule has 1 amide bonds. The van der Waals surface area contributed by atoms with E-state index in [0.29, 0.717) is 27.6 Å². The Kier molecular flexibility index (Phi) is 8.24. The summed E-state index contributed by atoms with van der Waals surface area (Å²) in [4.78, 5) is 24.2. The fourth-order valence-electron chi connectivity index (χ4n) is 2.54. The number of benzene rings is 3. The van der Waals surface area contributed by atoms with Gasteiger partial charge in [0.25, 0.3) is 5.91 Å². The SMILES string of the molecule is COc1cc(C=NNC(=O)COc2cccc(Cl)c2)ccc1OC(=O)c1cccc(Br)c1. The molecular formula is C23H18BrClN2O5. The van der Waals surface area contributed by atoms with Crippen LogP contribution >= 0.6 is 27.5 Å². The number of hydrogen-bond donors (Lipinski definition) is 1. The van der Waals surface area contributed by atoms with Crippen LogP contribution in [-0.4, -0.2) is 31.8 Å². The van der Waals surface area contributed by atoms with E-state index in [1.807, 2.05) is 6.07 Å². The van der Waals surface area contributed by atoms with Gasteiger partial charge in [-0.1, -0.05) is 39.7 Å². The zero-order chi connectivity index (χ0) is 22.9. The van der Waals surface area contributed by atoms with Crippen LogP contribution in [0, 0.1) is 0 Å². The van der Waals surface area contributed by atoms with Gasteiger partial charge in [0.05, 0.1) is 18.9 Å². The zero-order valence-corrected chi connectivity index (χ0v) is 19.2. The maximum atomic E-state index is 12.4. The van der Waals surface area contributed by atoms with E-state index in [-0.39, 0.29) is 12.4 Å². The number of hydrazone groups is 1. The van der Waals surface area contributed by atoms with Crippen molar-refractivity contribution in [3.8, 4) is 17.2 Å². The molecule has 0 radical (unpaired) electrons. The van der Waals surface area contributed by atoms with Crippen LogP contribution in [0.15, 0.2) is 76.3 Å². The van der Waals surface area contributed by atoms with E-state index in [2.05, 4.69) is 26.5 Å². The van der Waals surface area contributed by atoms with Gasteiger partial charge in [-0.2, -0.15) is 5.10 Å². The van der Waals surface area contributed by atoms with E-state index < -0.39 is 11.9 Å². The average Bonchev–Trinajstić information content (AvgIpc) is 2.78. The van der Waals surface area contributed by atoms with Gasteiger partial charge in [0, 0.05) is 9.50 Å². The topological polar surface area (TPSA) is 86.2 Å². The first-order valence-corrected chi connectivity index (χ1v) is 10.5. The molecule has 9 heteroatoms. The molecular weight excluding hydrogens is 500 g/mol. The molecule has 0 fully saturated rings. The second-order valence-corrected chi connectivity index (χ2v) is 7.70. The number of halogens is 2. The number of esters is 1. The van der Waals surface area contributed by atoms with Gasteiger partial charge in [-0.3, -0.25) is 4.79 Å². The molecule has 0 aromatic heterocycles. The smallest absolute Gasteiger partial charge is 0.343 e. The van der Waals surface area contributed by atoms with Crippen molar-refractivity contribution in [3.63, 3.8) is 0 Å². The van der Waals surface area contributed by atoms with Gasteiger partial charge in [0.15, 0.2) is 18.1 Å². The molecule has 32 heavy (non-hydrogen) atoms. The van der Waals surface area contributed by atoms with Crippen LogP contribution in [0.3, 0.4) is 0 Å².